The van der Waals surface area contributed by atoms with Crippen LogP contribution in [0, 0.1) is 0 Å². The Bertz CT molecular complexity index is 820. The van der Waals surface area contributed by atoms with Crippen molar-refractivity contribution in [3.05, 3.63) is 34.4 Å². The first-order valence-electron chi connectivity index (χ1n) is 8.50. The lowest BCUT2D eigenvalue weighted by atomic mass is 10.2. The van der Waals surface area contributed by atoms with Gasteiger partial charge in [0.2, 0.25) is 0 Å². The van der Waals surface area contributed by atoms with E-state index >= 15 is 0 Å². The zero-order chi connectivity index (χ0) is 16.5. The lowest BCUT2D eigenvalue weighted by molar-refractivity contribution is 0.0297. The third-order valence-corrected chi connectivity index (χ3v) is 4.84. The van der Waals surface area contributed by atoms with E-state index in [-0.39, 0.29) is 23.2 Å². The zero-order valence-electron chi connectivity index (χ0n) is 13.5. The summed E-state index contributed by atoms with van der Waals surface area (Å²) >= 11 is 0. The number of rotatable bonds is 2. The molecule has 1 saturated carbocycles. The number of hydrogen-bond acceptors (Lipinski definition) is 5. The maximum atomic E-state index is 13.0. The molecule has 2 aromatic heterocycles. The molecule has 2 fully saturated rings. The van der Waals surface area contributed by atoms with Gasteiger partial charge in [-0.25, -0.2) is 9.97 Å². The van der Waals surface area contributed by atoms with Crippen LogP contribution in [0.3, 0.4) is 0 Å². The summed E-state index contributed by atoms with van der Waals surface area (Å²) < 4.78 is 6.98. The first kappa shape index (κ1) is 15.3. The molecular formula is C17H20N4O3. The molecule has 7 heteroatoms. The molecule has 1 aliphatic heterocycles. The maximum Gasteiger partial charge on any atom is 0.284 e. The minimum Gasteiger partial charge on any atom is -0.378 e. The zero-order valence-corrected chi connectivity index (χ0v) is 13.5. The Hall–Kier alpha value is -2.28. The van der Waals surface area contributed by atoms with Gasteiger partial charge in [0.15, 0.2) is 11.3 Å². The quantitative estimate of drug-likeness (QED) is 0.832. The number of pyridine rings is 1. The standard InChI is InChI=1S/C17H20N4O3/c22-16(20-8-10-24-11-9-20)14-17(23)21(12-4-1-2-5-12)15-13(19-14)6-3-7-18-15/h3,6-7,12H,1-2,4-5,8-11H2. The van der Waals surface area contributed by atoms with Crippen LogP contribution in [-0.4, -0.2) is 51.6 Å². The Balaban J connectivity index is 1.85. The van der Waals surface area contributed by atoms with Crippen LogP contribution in [0.4, 0.5) is 0 Å². The van der Waals surface area contributed by atoms with E-state index in [4.69, 9.17) is 4.74 Å². The second kappa shape index (κ2) is 6.32. The van der Waals surface area contributed by atoms with Crippen LogP contribution >= 0.6 is 0 Å². The Morgan fingerprint density at radius 1 is 1.21 bits per heavy atom. The Kier molecular flexibility index (Phi) is 4.02. The fourth-order valence-electron chi connectivity index (χ4n) is 3.60. The molecule has 0 spiro atoms. The van der Waals surface area contributed by atoms with Crippen molar-refractivity contribution in [2.24, 2.45) is 0 Å². The highest BCUT2D eigenvalue weighted by Gasteiger charge is 2.28. The SMILES string of the molecule is O=C(c1nc2cccnc2n(C2CCCC2)c1=O)N1CCOCC1. The lowest BCUT2D eigenvalue weighted by Crippen LogP contribution is -2.44. The van der Waals surface area contributed by atoms with Gasteiger partial charge in [-0.3, -0.25) is 14.2 Å². The van der Waals surface area contributed by atoms with Crippen molar-refractivity contribution in [3.63, 3.8) is 0 Å². The number of carbonyl (C=O) groups excluding carboxylic acids is 1. The number of aromatic nitrogens is 3. The molecule has 24 heavy (non-hydrogen) atoms. The molecule has 3 heterocycles. The number of carbonyl (C=O) groups is 1. The van der Waals surface area contributed by atoms with Crippen molar-refractivity contribution >= 4 is 17.1 Å². The summed E-state index contributed by atoms with van der Waals surface area (Å²) in [6.07, 6.45) is 5.75. The molecule has 0 aromatic carbocycles. The van der Waals surface area contributed by atoms with E-state index in [1.54, 1.807) is 21.7 Å². The maximum absolute atomic E-state index is 13.0. The fraction of sp³-hybridized carbons (Fsp3) is 0.529. The van der Waals surface area contributed by atoms with E-state index in [0.29, 0.717) is 37.5 Å². The highest BCUT2D eigenvalue weighted by molar-refractivity contribution is 5.93. The Morgan fingerprint density at radius 3 is 2.71 bits per heavy atom. The highest BCUT2D eigenvalue weighted by Crippen LogP contribution is 2.30. The van der Waals surface area contributed by atoms with Crippen molar-refractivity contribution in [2.75, 3.05) is 26.3 Å². The van der Waals surface area contributed by atoms with Gasteiger partial charge in [0.25, 0.3) is 11.5 Å². The molecule has 1 amide bonds. The average Bonchev–Trinajstić information content (AvgIpc) is 3.15. The average molecular weight is 328 g/mol. The number of morpholine rings is 1. The van der Waals surface area contributed by atoms with E-state index in [2.05, 4.69) is 9.97 Å². The smallest absolute Gasteiger partial charge is 0.284 e. The largest absolute Gasteiger partial charge is 0.378 e. The van der Waals surface area contributed by atoms with Crippen LogP contribution < -0.4 is 5.56 Å². The summed E-state index contributed by atoms with van der Waals surface area (Å²) in [4.78, 5) is 36.2. The molecule has 7 nitrogen and oxygen atoms in total. The van der Waals surface area contributed by atoms with Gasteiger partial charge in [0.05, 0.1) is 13.2 Å². The molecule has 1 saturated heterocycles. The first-order chi connectivity index (χ1) is 11.8. The van der Waals surface area contributed by atoms with Crippen LogP contribution in [-0.2, 0) is 4.74 Å². The van der Waals surface area contributed by atoms with Gasteiger partial charge in [0, 0.05) is 25.3 Å². The molecule has 4 rings (SSSR count). The first-order valence-corrected chi connectivity index (χ1v) is 8.50. The van der Waals surface area contributed by atoms with Crippen molar-refractivity contribution < 1.29 is 9.53 Å². The van der Waals surface area contributed by atoms with Crippen LogP contribution in [0.5, 0.6) is 0 Å². The molecule has 126 valence electrons. The second-order valence-electron chi connectivity index (χ2n) is 6.32. The van der Waals surface area contributed by atoms with Crippen LogP contribution in [0.15, 0.2) is 23.1 Å². The van der Waals surface area contributed by atoms with E-state index in [1.165, 1.54) is 0 Å². The number of ether oxygens (including phenoxy) is 1. The molecule has 0 radical (unpaired) electrons. The summed E-state index contributed by atoms with van der Waals surface area (Å²) in [5, 5.41) is 0. The minimum absolute atomic E-state index is 0.00398. The van der Waals surface area contributed by atoms with Crippen molar-refractivity contribution in [1.29, 1.82) is 0 Å². The molecular weight excluding hydrogens is 308 g/mol. The molecule has 0 N–H and O–H groups in total. The summed E-state index contributed by atoms with van der Waals surface area (Å²) in [6.45, 7) is 1.98. The molecule has 0 unspecified atom stereocenters. The molecule has 1 aliphatic carbocycles. The predicted octanol–water partition coefficient (Wildman–Crippen LogP) is 1.38. The Labute approximate surface area is 139 Å². The summed E-state index contributed by atoms with van der Waals surface area (Å²) in [7, 11) is 0. The van der Waals surface area contributed by atoms with Gasteiger partial charge in [-0.1, -0.05) is 12.8 Å². The number of amides is 1. The van der Waals surface area contributed by atoms with Crippen LogP contribution in [0.1, 0.15) is 42.2 Å². The van der Waals surface area contributed by atoms with E-state index in [1.807, 2.05) is 6.07 Å². The van der Waals surface area contributed by atoms with Crippen LogP contribution in [0.25, 0.3) is 11.2 Å². The number of fused-ring (bicyclic) bond motifs is 1. The number of hydrogen-bond donors (Lipinski definition) is 0. The van der Waals surface area contributed by atoms with Gasteiger partial charge in [-0.2, -0.15) is 0 Å². The molecule has 0 bridgehead atoms. The van der Waals surface area contributed by atoms with Crippen LogP contribution in [0.2, 0.25) is 0 Å². The minimum atomic E-state index is -0.315. The fourth-order valence-corrected chi connectivity index (χ4v) is 3.60. The monoisotopic (exact) mass is 328 g/mol. The molecule has 2 aromatic rings. The predicted molar refractivity (Wildman–Crippen MR) is 88.0 cm³/mol. The summed E-state index contributed by atoms with van der Waals surface area (Å²) in [6, 6.07) is 3.69. The van der Waals surface area contributed by atoms with Crippen molar-refractivity contribution in [2.45, 2.75) is 31.7 Å². The van der Waals surface area contributed by atoms with Crippen molar-refractivity contribution in [1.82, 2.24) is 19.4 Å². The topological polar surface area (TPSA) is 77.3 Å². The normalized spacial score (nSPS) is 19.1. The Morgan fingerprint density at radius 2 is 1.96 bits per heavy atom. The highest BCUT2D eigenvalue weighted by atomic mass is 16.5. The van der Waals surface area contributed by atoms with E-state index in [0.717, 1.165) is 25.7 Å². The molecule has 2 aliphatic rings. The van der Waals surface area contributed by atoms with Gasteiger partial charge < -0.3 is 9.64 Å². The molecule has 0 atom stereocenters. The summed E-state index contributed by atoms with van der Waals surface area (Å²) in [5.41, 5.74) is 0.863. The third-order valence-electron chi connectivity index (χ3n) is 4.84. The van der Waals surface area contributed by atoms with Gasteiger partial charge in [0.1, 0.15) is 5.52 Å². The van der Waals surface area contributed by atoms with E-state index in [9.17, 15) is 9.59 Å². The van der Waals surface area contributed by atoms with Crippen molar-refractivity contribution in [3.8, 4) is 0 Å². The van der Waals surface area contributed by atoms with Gasteiger partial charge >= 0.3 is 0 Å². The van der Waals surface area contributed by atoms with Gasteiger partial charge in [-0.05, 0) is 25.0 Å². The third kappa shape index (κ3) is 2.58. The summed E-state index contributed by atoms with van der Waals surface area (Å²) in [5.74, 6) is -0.305. The van der Waals surface area contributed by atoms with E-state index < -0.39 is 0 Å². The lowest BCUT2D eigenvalue weighted by Gasteiger charge is -2.26. The second-order valence-corrected chi connectivity index (χ2v) is 6.32. The number of nitrogens with zero attached hydrogens (tertiary/aromatic N) is 4. The van der Waals surface area contributed by atoms with Gasteiger partial charge in [-0.15, -0.1) is 0 Å².